The molecule has 0 radical (unpaired) electrons. The van der Waals surface area contributed by atoms with E-state index in [2.05, 4.69) is 5.32 Å². The van der Waals surface area contributed by atoms with E-state index in [9.17, 15) is 18.0 Å². The lowest BCUT2D eigenvalue weighted by Gasteiger charge is -2.23. The first-order valence-electron chi connectivity index (χ1n) is 9.85. The predicted octanol–water partition coefficient (Wildman–Crippen LogP) is 5.17. The lowest BCUT2D eigenvalue weighted by molar-refractivity contribution is -0.137. The van der Waals surface area contributed by atoms with Gasteiger partial charge in [-0.3, -0.25) is 4.79 Å². The van der Waals surface area contributed by atoms with Crippen LogP contribution in [0.4, 0.5) is 13.2 Å². The average molecular weight is 416 g/mol. The minimum absolute atomic E-state index is 0.0889. The molecule has 158 valence electrons. The fraction of sp³-hybridized carbons (Fsp3) is 0.391. The van der Waals surface area contributed by atoms with Gasteiger partial charge in [-0.25, -0.2) is 0 Å². The van der Waals surface area contributed by atoms with Crippen molar-refractivity contribution in [1.82, 2.24) is 5.32 Å². The van der Waals surface area contributed by atoms with Crippen molar-refractivity contribution in [3.63, 3.8) is 0 Å². The first-order chi connectivity index (χ1) is 14.2. The number of alkyl halides is 3. The largest absolute Gasteiger partial charge is 0.481 e. The number of benzene rings is 2. The fourth-order valence-corrected chi connectivity index (χ4v) is 3.70. The molecule has 0 bridgehead atoms. The van der Waals surface area contributed by atoms with E-state index in [1.165, 1.54) is 11.6 Å². The number of amides is 1. The number of carbonyl (C=O) groups excluding carboxylic acids is 1. The molecule has 0 saturated carbocycles. The van der Waals surface area contributed by atoms with Crippen LogP contribution in [0.5, 0.6) is 5.75 Å². The Hall–Kier alpha value is -3.01. The third kappa shape index (κ3) is 4.93. The van der Waals surface area contributed by atoms with Crippen molar-refractivity contribution in [3.8, 4) is 11.8 Å². The summed E-state index contributed by atoms with van der Waals surface area (Å²) in [6, 6.07) is 12.4. The molecule has 2 unspecified atom stereocenters. The van der Waals surface area contributed by atoms with Gasteiger partial charge in [0.1, 0.15) is 5.75 Å². The Morgan fingerprint density at radius 3 is 2.67 bits per heavy atom. The highest BCUT2D eigenvalue weighted by Gasteiger charge is 2.35. The van der Waals surface area contributed by atoms with Crippen molar-refractivity contribution < 1.29 is 22.7 Å². The van der Waals surface area contributed by atoms with E-state index in [-0.39, 0.29) is 23.6 Å². The van der Waals surface area contributed by atoms with Gasteiger partial charge in [0, 0.05) is 0 Å². The second-order valence-corrected chi connectivity index (χ2v) is 7.85. The van der Waals surface area contributed by atoms with Crippen LogP contribution >= 0.6 is 0 Å². The SMILES string of the molecule is CC(C)CC(Oc1ccc(C#N)c(C(F)(F)F)c1)C(=O)NC1CCc2ccccc21. The second-order valence-electron chi connectivity index (χ2n) is 7.85. The second kappa shape index (κ2) is 8.78. The highest BCUT2D eigenvalue weighted by molar-refractivity contribution is 5.81. The van der Waals surface area contributed by atoms with E-state index in [1.54, 1.807) is 6.07 Å². The molecule has 0 spiro atoms. The number of hydrogen-bond donors (Lipinski definition) is 1. The van der Waals surface area contributed by atoms with E-state index in [1.807, 2.05) is 38.1 Å². The zero-order chi connectivity index (χ0) is 21.9. The van der Waals surface area contributed by atoms with Gasteiger partial charge in [0.15, 0.2) is 6.10 Å². The number of aryl methyl sites for hydroxylation is 1. The minimum Gasteiger partial charge on any atom is -0.481 e. The molecular weight excluding hydrogens is 393 g/mol. The number of hydrogen-bond acceptors (Lipinski definition) is 3. The lowest BCUT2D eigenvalue weighted by atomic mass is 10.0. The fourth-order valence-electron chi connectivity index (χ4n) is 3.70. The Kier molecular flexibility index (Phi) is 6.35. The predicted molar refractivity (Wildman–Crippen MR) is 106 cm³/mol. The van der Waals surface area contributed by atoms with Gasteiger partial charge in [0.2, 0.25) is 0 Å². The van der Waals surface area contributed by atoms with Gasteiger partial charge in [-0.05, 0) is 54.5 Å². The van der Waals surface area contributed by atoms with Crippen LogP contribution in [0.15, 0.2) is 42.5 Å². The molecule has 1 N–H and O–H groups in total. The van der Waals surface area contributed by atoms with Crippen LogP contribution in [-0.2, 0) is 17.4 Å². The summed E-state index contributed by atoms with van der Waals surface area (Å²) < 4.78 is 45.4. The van der Waals surface area contributed by atoms with E-state index >= 15 is 0 Å². The molecule has 0 aromatic heterocycles. The molecule has 2 aromatic rings. The molecular formula is C23H23F3N2O2. The smallest absolute Gasteiger partial charge is 0.417 e. The summed E-state index contributed by atoms with van der Waals surface area (Å²) in [6.07, 6.45) is -3.64. The van der Waals surface area contributed by atoms with E-state index in [4.69, 9.17) is 10.00 Å². The summed E-state index contributed by atoms with van der Waals surface area (Å²) in [5, 5.41) is 11.9. The van der Waals surface area contributed by atoms with E-state index < -0.39 is 23.4 Å². The number of ether oxygens (including phenoxy) is 1. The molecule has 4 nitrogen and oxygen atoms in total. The standard InChI is InChI=1S/C23H23F3N2O2/c1-14(2)11-21(22(29)28-20-10-8-15-5-3-4-6-18(15)20)30-17-9-7-16(13-27)19(12-17)23(24,25)26/h3-7,9,12,14,20-21H,8,10-11H2,1-2H3,(H,28,29). The molecule has 3 rings (SSSR count). The van der Waals surface area contributed by atoms with Crippen molar-refractivity contribution in [2.45, 2.75) is 51.4 Å². The number of nitriles is 1. The van der Waals surface area contributed by atoms with Gasteiger partial charge in [-0.2, -0.15) is 18.4 Å². The molecule has 1 amide bonds. The summed E-state index contributed by atoms with van der Waals surface area (Å²) in [5.74, 6) is -0.352. The summed E-state index contributed by atoms with van der Waals surface area (Å²) >= 11 is 0. The number of fused-ring (bicyclic) bond motifs is 1. The molecule has 2 atom stereocenters. The van der Waals surface area contributed by atoms with Crippen molar-refractivity contribution >= 4 is 5.91 Å². The van der Waals surface area contributed by atoms with Crippen LogP contribution < -0.4 is 10.1 Å². The minimum atomic E-state index is -4.69. The third-order valence-electron chi connectivity index (χ3n) is 5.12. The Bertz CT molecular complexity index is 964. The lowest BCUT2D eigenvalue weighted by Crippen LogP contribution is -2.40. The molecule has 2 aromatic carbocycles. The molecule has 1 aliphatic rings. The summed E-state index contributed by atoms with van der Waals surface area (Å²) in [4.78, 5) is 12.9. The van der Waals surface area contributed by atoms with Crippen LogP contribution in [0.3, 0.4) is 0 Å². The average Bonchev–Trinajstić information content (AvgIpc) is 3.09. The first-order valence-corrected chi connectivity index (χ1v) is 9.85. The molecule has 1 aliphatic carbocycles. The van der Waals surface area contributed by atoms with Crippen LogP contribution in [0, 0.1) is 17.2 Å². The van der Waals surface area contributed by atoms with Crippen LogP contribution in [0.1, 0.15) is 55.0 Å². The quantitative estimate of drug-likeness (QED) is 0.706. The number of halogens is 3. The highest BCUT2D eigenvalue weighted by Crippen LogP contribution is 2.35. The van der Waals surface area contributed by atoms with Crippen LogP contribution in [-0.4, -0.2) is 12.0 Å². The number of rotatable bonds is 6. The zero-order valence-corrected chi connectivity index (χ0v) is 16.8. The van der Waals surface area contributed by atoms with Gasteiger partial charge in [-0.15, -0.1) is 0 Å². The molecule has 0 fully saturated rings. The summed E-state index contributed by atoms with van der Waals surface area (Å²) in [6.45, 7) is 3.82. The molecule has 30 heavy (non-hydrogen) atoms. The molecule has 0 heterocycles. The number of nitrogens with zero attached hydrogens (tertiary/aromatic N) is 1. The molecule has 7 heteroatoms. The maximum Gasteiger partial charge on any atom is 0.417 e. The van der Waals surface area contributed by atoms with Gasteiger partial charge in [0.05, 0.1) is 23.2 Å². The van der Waals surface area contributed by atoms with Gasteiger partial charge in [-0.1, -0.05) is 38.1 Å². The van der Waals surface area contributed by atoms with E-state index in [0.29, 0.717) is 6.42 Å². The monoisotopic (exact) mass is 416 g/mol. The topological polar surface area (TPSA) is 62.1 Å². The van der Waals surface area contributed by atoms with Gasteiger partial charge in [0.25, 0.3) is 5.91 Å². The van der Waals surface area contributed by atoms with Crippen molar-refractivity contribution in [2.75, 3.05) is 0 Å². The number of nitrogens with one attached hydrogen (secondary N) is 1. The normalized spacial score (nSPS) is 16.6. The van der Waals surface area contributed by atoms with Crippen molar-refractivity contribution in [3.05, 3.63) is 64.7 Å². The van der Waals surface area contributed by atoms with Gasteiger partial charge < -0.3 is 10.1 Å². The molecule has 0 aliphatic heterocycles. The zero-order valence-electron chi connectivity index (χ0n) is 16.8. The van der Waals surface area contributed by atoms with Crippen molar-refractivity contribution in [1.29, 1.82) is 5.26 Å². The Morgan fingerprint density at radius 1 is 1.27 bits per heavy atom. The van der Waals surface area contributed by atoms with E-state index in [0.717, 1.165) is 30.5 Å². The Labute approximate surface area is 173 Å². The molecule has 0 saturated heterocycles. The van der Waals surface area contributed by atoms with Crippen LogP contribution in [0.25, 0.3) is 0 Å². The summed E-state index contributed by atoms with van der Waals surface area (Å²) in [7, 11) is 0. The first kappa shape index (κ1) is 21.7. The van der Waals surface area contributed by atoms with Crippen LogP contribution in [0.2, 0.25) is 0 Å². The summed E-state index contributed by atoms with van der Waals surface area (Å²) in [5.41, 5.74) is 0.691. The van der Waals surface area contributed by atoms with Crippen molar-refractivity contribution in [2.24, 2.45) is 5.92 Å². The Balaban J connectivity index is 1.80. The maximum absolute atomic E-state index is 13.2. The third-order valence-corrected chi connectivity index (χ3v) is 5.12. The maximum atomic E-state index is 13.2. The van der Waals surface area contributed by atoms with Gasteiger partial charge >= 0.3 is 6.18 Å². The number of carbonyl (C=O) groups is 1. The Morgan fingerprint density at radius 2 is 2.00 bits per heavy atom. The highest BCUT2D eigenvalue weighted by atomic mass is 19.4.